The second-order valence-electron chi connectivity index (χ2n) is 11.5. The summed E-state index contributed by atoms with van der Waals surface area (Å²) in [6, 6.07) is 5.21. The van der Waals surface area contributed by atoms with Crippen molar-refractivity contribution in [3.8, 4) is 0 Å². The van der Waals surface area contributed by atoms with Crippen LogP contribution in [0.3, 0.4) is 0 Å². The molecular weight excluding hydrogens is 550 g/mol. The number of nitrogens with zero attached hydrogens (tertiary/aromatic N) is 10. The van der Waals surface area contributed by atoms with Crippen LogP contribution in [-0.4, -0.2) is 75.7 Å². The van der Waals surface area contributed by atoms with Crippen molar-refractivity contribution >= 4 is 46.0 Å². The average molecular weight is 578 g/mol. The van der Waals surface area contributed by atoms with Crippen LogP contribution in [0, 0.1) is 12.8 Å². The SMILES string of the molecule is Cc1ccnc(C2CC2C(=O)Nc2cc3c(cn2)nnn3Cc2cn3cc(C4CC4)cc(N4CC(=O)N(C)C4=O)c3n2)n1. The molecule has 0 aromatic carbocycles. The summed E-state index contributed by atoms with van der Waals surface area (Å²) < 4.78 is 3.62. The molecule has 3 aliphatic rings. The van der Waals surface area contributed by atoms with E-state index in [9.17, 15) is 14.4 Å². The van der Waals surface area contributed by atoms with Crippen molar-refractivity contribution in [2.75, 3.05) is 23.8 Å². The number of hydrogen-bond acceptors (Lipinski definition) is 9. The Hall–Kier alpha value is -5.27. The highest BCUT2D eigenvalue weighted by Gasteiger charge is 2.46. The van der Waals surface area contributed by atoms with Gasteiger partial charge in [-0.2, -0.15) is 0 Å². The van der Waals surface area contributed by atoms with Gasteiger partial charge >= 0.3 is 6.03 Å². The van der Waals surface area contributed by atoms with E-state index in [0.29, 0.717) is 58.6 Å². The average Bonchev–Trinajstić information content (AvgIpc) is 3.91. The van der Waals surface area contributed by atoms with E-state index < -0.39 is 0 Å². The van der Waals surface area contributed by atoms with Gasteiger partial charge in [0.15, 0.2) is 5.65 Å². The molecule has 8 rings (SSSR count). The highest BCUT2D eigenvalue weighted by molar-refractivity contribution is 6.13. The number of fused-ring (bicyclic) bond motifs is 2. The maximum Gasteiger partial charge on any atom is 0.331 e. The number of carbonyl (C=O) groups is 3. The second kappa shape index (κ2) is 9.37. The summed E-state index contributed by atoms with van der Waals surface area (Å²) in [4.78, 5) is 58.7. The first-order chi connectivity index (χ1) is 20.8. The number of amides is 4. The maximum absolute atomic E-state index is 13.0. The third-order valence-corrected chi connectivity index (χ3v) is 8.36. The molecule has 1 N–H and O–H groups in total. The Morgan fingerprint density at radius 1 is 1.12 bits per heavy atom. The number of aryl methyl sites for hydroxylation is 1. The fourth-order valence-corrected chi connectivity index (χ4v) is 5.70. The van der Waals surface area contributed by atoms with Gasteiger partial charge in [-0.05, 0) is 49.8 Å². The Bertz CT molecular complexity index is 1980. The standard InChI is InChI=1S/C29H27N11O3/c1-15-5-6-30-26(32-15)19-8-20(19)28(42)34-24-9-22-21(10-31-24)35-36-40(22)13-18-12-38-11-17(16-3-4-16)7-23(27(38)33-18)39-14-25(41)37(2)29(39)43/h5-7,9-12,16,19-20H,3-4,8,13-14H2,1-2H3,(H,31,34,42). The van der Waals surface area contributed by atoms with Crippen LogP contribution in [0.1, 0.15) is 53.9 Å². The molecule has 216 valence electrons. The van der Waals surface area contributed by atoms with E-state index in [2.05, 4.69) is 30.6 Å². The Morgan fingerprint density at radius 3 is 2.74 bits per heavy atom. The van der Waals surface area contributed by atoms with Crippen LogP contribution < -0.4 is 10.2 Å². The lowest BCUT2D eigenvalue weighted by molar-refractivity contribution is -0.124. The molecule has 2 saturated carbocycles. The van der Waals surface area contributed by atoms with Gasteiger partial charge < -0.3 is 9.72 Å². The number of pyridine rings is 2. The van der Waals surface area contributed by atoms with E-state index in [1.165, 1.54) is 11.9 Å². The molecule has 5 aromatic heterocycles. The molecule has 0 spiro atoms. The topological polar surface area (TPSA) is 156 Å². The summed E-state index contributed by atoms with van der Waals surface area (Å²) >= 11 is 0. The highest BCUT2D eigenvalue weighted by atomic mass is 16.2. The number of hydrogen-bond donors (Lipinski definition) is 1. The van der Waals surface area contributed by atoms with Crippen LogP contribution in [0.25, 0.3) is 16.7 Å². The van der Waals surface area contributed by atoms with E-state index >= 15 is 0 Å². The molecule has 43 heavy (non-hydrogen) atoms. The molecule has 5 aromatic rings. The fourth-order valence-electron chi connectivity index (χ4n) is 5.70. The predicted molar refractivity (Wildman–Crippen MR) is 153 cm³/mol. The minimum atomic E-state index is -0.363. The monoisotopic (exact) mass is 577 g/mol. The molecule has 1 aliphatic heterocycles. The summed E-state index contributed by atoms with van der Waals surface area (Å²) in [5, 5.41) is 11.5. The first-order valence-corrected chi connectivity index (χ1v) is 14.2. The van der Waals surface area contributed by atoms with E-state index in [1.54, 1.807) is 23.1 Å². The van der Waals surface area contributed by atoms with Crippen LogP contribution in [0.2, 0.25) is 0 Å². The zero-order valence-corrected chi connectivity index (χ0v) is 23.5. The van der Waals surface area contributed by atoms with Gasteiger partial charge in [-0.25, -0.2) is 29.4 Å². The lowest BCUT2D eigenvalue weighted by Crippen LogP contribution is -2.30. The van der Waals surface area contributed by atoms with Gasteiger partial charge in [0.1, 0.15) is 23.7 Å². The number of anilines is 2. The largest absolute Gasteiger partial charge is 0.331 e. The van der Waals surface area contributed by atoms with Crippen molar-refractivity contribution in [1.29, 1.82) is 0 Å². The summed E-state index contributed by atoms with van der Waals surface area (Å²) in [6.07, 6.45) is 10.1. The number of rotatable bonds is 7. The number of imide groups is 1. The van der Waals surface area contributed by atoms with Crippen molar-refractivity contribution in [2.45, 2.75) is 44.6 Å². The summed E-state index contributed by atoms with van der Waals surface area (Å²) in [5.74, 6) is 0.968. The predicted octanol–water partition coefficient (Wildman–Crippen LogP) is 2.64. The highest BCUT2D eigenvalue weighted by Crippen LogP contribution is 2.46. The smallest absolute Gasteiger partial charge is 0.310 e. The third-order valence-electron chi connectivity index (χ3n) is 8.36. The number of carbonyl (C=O) groups excluding carboxylic acids is 3. The molecule has 3 fully saturated rings. The zero-order valence-electron chi connectivity index (χ0n) is 23.5. The normalized spacial score (nSPS) is 20.0. The molecule has 6 heterocycles. The Balaban J connectivity index is 1.06. The van der Waals surface area contributed by atoms with Crippen molar-refractivity contribution in [2.24, 2.45) is 5.92 Å². The molecular formula is C29H27N11O3. The Morgan fingerprint density at radius 2 is 1.98 bits per heavy atom. The number of nitrogens with one attached hydrogen (secondary N) is 1. The number of aromatic nitrogens is 8. The van der Waals surface area contributed by atoms with Crippen LogP contribution in [-0.2, 0) is 16.1 Å². The third kappa shape index (κ3) is 4.45. The minimum Gasteiger partial charge on any atom is -0.310 e. The van der Waals surface area contributed by atoms with Crippen molar-refractivity contribution in [3.63, 3.8) is 0 Å². The molecule has 14 nitrogen and oxygen atoms in total. The van der Waals surface area contributed by atoms with Gasteiger partial charge in [0.2, 0.25) is 11.8 Å². The minimum absolute atomic E-state index is 0.00516. The van der Waals surface area contributed by atoms with Gasteiger partial charge in [-0.3, -0.25) is 19.4 Å². The first kappa shape index (κ1) is 25.4. The van der Waals surface area contributed by atoms with Gasteiger partial charge in [-0.15, -0.1) is 5.10 Å². The van der Waals surface area contributed by atoms with Crippen molar-refractivity contribution in [3.05, 3.63) is 65.8 Å². The second-order valence-corrected chi connectivity index (χ2v) is 11.5. The van der Waals surface area contributed by atoms with Crippen LogP contribution in [0.4, 0.5) is 16.3 Å². The molecule has 2 atom stereocenters. The molecule has 1 saturated heterocycles. The van der Waals surface area contributed by atoms with Gasteiger partial charge in [0.05, 0.1) is 29.6 Å². The van der Waals surface area contributed by atoms with Gasteiger partial charge in [0, 0.05) is 49.2 Å². The molecule has 0 bridgehead atoms. The molecule has 2 aliphatic carbocycles. The quantitative estimate of drug-likeness (QED) is 0.287. The Labute approximate surface area is 244 Å². The number of likely N-dealkylation sites (N-methyl/N-ethyl adjacent to an activating group) is 1. The van der Waals surface area contributed by atoms with Crippen molar-refractivity contribution < 1.29 is 14.4 Å². The maximum atomic E-state index is 13.0. The molecule has 0 radical (unpaired) electrons. The van der Waals surface area contributed by atoms with E-state index in [0.717, 1.165) is 29.0 Å². The van der Waals surface area contributed by atoms with Crippen LogP contribution in [0.15, 0.2) is 43.0 Å². The molecule has 4 amide bonds. The zero-order chi connectivity index (χ0) is 29.4. The Kier molecular flexibility index (Phi) is 5.55. The molecule has 2 unspecified atom stereocenters. The van der Waals surface area contributed by atoms with Gasteiger partial charge in [-0.1, -0.05) is 5.21 Å². The number of urea groups is 1. The summed E-state index contributed by atoms with van der Waals surface area (Å²) in [7, 11) is 1.49. The van der Waals surface area contributed by atoms with Crippen LogP contribution >= 0.6 is 0 Å². The van der Waals surface area contributed by atoms with Gasteiger partial charge in [0.25, 0.3) is 0 Å². The number of imidazole rings is 1. The van der Waals surface area contributed by atoms with Crippen LogP contribution in [0.5, 0.6) is 0 Å². The fraction of sp³-hybridized carbons (Fsp3) is 0.345. The molecule has 14 heteroatoms. The first-order valence-electron chi connectivity index (χ1n) is 14.2. The summed E-state index contributed by atoms with van der Waals surface area (Å²) in [6.45, 7) is 2.19. The lowest BCUT2D eigenvalue weighted by Gasteiger charge is -2.17. The van der Waals surface area contributed by atoms with E-state index in [-0.39, 0.29) is 36.2 Å². The van der Waals surface area contributed by atoms with Crippen molar-refractivity contribution in [1.82, 2.24) is 44.2 Å². The summed E-state index contributed by atoms with van der Waals surface area (Å²) in [5.41, 5.74) is 5.18. The van der Waals surface area contributed by atoms with E-state index in [4.69, 9.17) is 4.98 Å². The van der Waals surface area contributed by atoms with E-state index in [1.807, 2.05) is 35.9 Å². The lowest BCUT2D eigenvalue weighted by atomic mass is 10.1.